The molecule has 0 radical (unpaired) electrons. The maximum absolute atomic E-state index is 3.97. The monoisotopic (exact) mass is 279 g/mol. The van der Waals surface area contributed by atoms with E-state index in [1.807, 2.05) is 12.3 Å². The summed E-state index contributed by atoms with van der Waals surface area (Å²) in [4.78, 5) is 7.03. The molecule has 1 aromatic heterocycles. The highest BCUT2D eigenvalue weighted by atomic mass is 79.9. The van der Waals surface area contributed by atoms with Crippen molar-refractivity contribution in [3.05, 3.63) is 52.5 Å². The van der Waals surface area contributed by atoms with E-state index in [9.17, 15) is 0 Å². The minimum atomic E-state index is 0.838. The third-order valence-corrected chi connectivity index (χ3v) is 3.17. The number of nitrogens with one attached hydrogen (secondary N) is 2. The minimum Gasteiger partial charge on any atom is -0.347 e. The summed E-state index contributed by atoms with van der Waals surface area (Å²) in [6.07, 6.45) is 4.56. The summed E-state index contributed by atoms with van der Waals surface area (Å²) >= 11 is 3.54. The van der Waals surface area contributed by atoms with Crippen LogP contribution in [-0.2, 0) is 13.0 Å². The van der Waals surface area contributed by atoms with E-state index in [0.29, 0.717) is 0 Å². The van der Waals surface area contributed by atoms with Gasteiger partial charge in [-0.2, -0.15) is 0 Å². The number of imidazole rings is 1. The molecule has 0 spiro atoms. The van der Waals surface area contributed by atoms with Gasteiger partial charge in [0.1, 0.15) is 0 Å². The quantitative estimate of drug-likeness (QED) is 0.826. The molecule has 0 bridgehead atoms. The Morgan fingerprint density at radius 3 is 2.94 bits per heavy atom. The normalized spacial score (nSPS) is 10.6. The van der Waals surface area contributed by atoms with Crippen molar-refractivity contribution >= 4 is 15.9 Å². The first-order chi connectivity index (χ1) is 7.86. The fraction of sp³-hybridized carbons (Fsp3) is 0.250. The zero-order valence-electron chi connectivity index (χ0n) is 8.91. The first-order valence-electron chi connectivity index (χ1n) is 5.27. The van der Waals surface area contributed by atoms with Crippen LogP contribution in [0.1, 0.15) is 11.3 Å². The van der Waals surface area contributed by atoms with Gasteiger partial charge in [-0.15, -0.1) is 0 Å². The summed E-state index contributed by atoms with van der Waals surface area (Å²) in [6.45, 7) is 1.80. The average molecular weight is 280 g/mol. The number of rotatable bonds is 5. The summed E-state index contributed by atoms with van der Waals surface area (Å²) < 4.78 is 1.18. The molecule has 0 saturated heterocycles. The third kappa shape index (κ3) is 3.18. The number of aromatic nitrogens is 2. The van der Waals surface area contributed by atoms with Crippen LogP contribution in [0.4, 0.5) is 0 Å². The number of hydrogen-bond donors (Lipinski definition) is 2. The second-order valence-electron chi connectivity index (χ2n) is 3.60. The number of halogens is 1. The van der Waals surface area contributed by atoms with Crippen LogP contribution in [0.15, 0.2) is 41.3 Å². The summed E-state index contributed by atoms with van der Waals surface area (Å²) in [6, 6.07) is 8.31. The zero-order valence-corrected chi connectivity index (χ0v) is 10.5. The molecular formula is C12H14BrN3. The van der Waals surface area contributed by atoms with Crippen molar-refractivity contribution in [2.45, 2.75) is 13.0 Å². The van der Waals surface area contributed by atoms with Crippen molar-refractivity contribution < 1.29 is 0 Å². The zero-order chi connectivity index (χ0) is 11.2. The van der Waals surface area contributed by atoms with E-state index in [4.69, 9.17) is 0 Å². The molecule has 3 nitrogen and oxygen atoms in total. The number of hydrogen-bond acceptors (Lipinski definition) is 2. The molecule has 0 unspecified atom stereocenters. The molecular weight excluding hydrogens is 266 g/mol. The average Bonchev–Trinajstić information content (AvgIpc) is 2.79. The Morgan fingerprint density at radius 2 is 2.19 bits per heavy atom. The van der Waals surface area contributed by atoms with E-state index < -0.39 is 0 Å². The van der Waals surface area contributed by atoms with E-state index in [1.165, 1.54) is 10.0 Å². The molecule has 1 heterocycles. The van der Waals surface area contributed by atoms with Crippen LogP contribution in [0.3, 0.4) is 0 Å². The molecule has 2 aromatic rings. The molecule has 4 heteroatoms. The van der Waals surface area contributed by atoms with E-state index in [1.54, 1.807) is 6.33 Å². The minimum absolute atomic E-state index is 0.838. The lowest BCUT2D eigenvalue weighted by atomic mass is 10.1. The molecule has 2 N–H and O–H groups in total. The Labute approximate surface area is 103 Å². The SMILES string of the molecule is Brc1ccccc1CCNCc1cnc[nH]1. The summed E-state index contributed by atoms with van der Waals surface area (Å²) in [5, 5.41) is 3.37. The predicted octanol–water partition coefficient (Wildman–Crippen LogP) is 2.50. The van der Waals surface area contributed by atoms with Crippen molar-refractivity contribution in [2.75, 3.05) is 6.54 Å². The van der Waals surface area contributed by atoms with Gasteiger partial charge in [0, 0.05) is 22.9 Å². The van der Waals surface area contributed by atoms with E-state index in [-0.39, 0.29) is 0 Å². The van der Waals surface area contributed by atoms with Crippen molar-refractivity contribution in [1.82, 2.24) is 15.3 Å². The molecule has 16 heavy (non-hydrogen) atoms. The Balaban J connectivity index is 1.74. The fourth-order valence-electron chi connectivity index (χ4n) is 1.53. The van der Waals surface area contributed by atoms with Gasteiger partial charge >= 0.3 is 0 Å². The van der Waals surface area contributed by atoms with Crippen LogP contribution in [0, 0.1) is 0 Å². The van der Waals surface area contributed by atoms with E-state index in [0.717, 1.165) is 25.2 Å². The molecule has 0 atom stereocenters. The number of aromatic amines is 1. The van der Waals surface area contributed by atoms with Gasteiger partial charge in [0.2, 0.25) is 0 Å². The Hall–Kier alpha value is -1.13. The predicted molar refractivity (Wildman–Crippen MR) is 68.1 cm³/mol. The van der Waals surface area contributed by atoms with Gasteiger partial charge in [-0.3, -0.25) is 0 Å². The van der Waals surface area contributed by atoms with E-state index >= 15 is 0 Å². The highest BCUT2D eigenvalue weighted by Gasteiger charge is 1.98. The van der Waals surface area contributed by atoms with Crippen LogP contribution in [0.2, 0.25) is 0 Å². The maximum atomic E-state index is 3.97. The summed E-state index contributed by atoms with van der Waals surface area (Å²) in [7, 11) is 0. The standard InChI is InChI=1S/C12H14BrN3/c13-12-4-2-1-3-10(12)5-6-14-7-11-8-15-9-16-11/h1-4,8-9,14H,5-7H2,(H,15,16). The smallest absolute Gasteiger partial charge is 0.0922 e. The molecule has 84 valence electrons. The van der Waals surface area contributed by atoms with E-state index in [2.05, 4.69) is 49.4 Å². The molecule has 0 aliphatic rings. The van der Waals surface area contributed by atoms with Crippen LogP contribution in [0.25, 0.3) is 0 Å². The second-order valence-corrected chi connectivity index (χ2v) is 4.45. The summed E-state index contributed by atoms with van der Waals surface area (Å²) in [5.74, 6) is 0. The second kappa shape index (κ2) is 5.82. The molecule has 0 amide bonds. The van der Waals surface area contributed by atoms with Gasteiger partial charge in [0.25, 0.3) is 0 Å². The Morgan fingerprint density at radius 1 is 1.31 bits per heavy atom. The first kappa shape index (κ1) is 11.4. The van der Waals surface area contributed by atoms with Crippen LogP contribution < -0.4 is 5.32 Å². The van der Waals surface area contributed by atoms with Crippen LogP contribution in [-0.4, -0.2) is 16.5 Å². The highest BCUT2D eigenvalue weighted by Crippen LogP contribution is 2.15. The topological polar surface area (TPSA) is 40.7 Å². The van der Waals surface area contributed by atoms with Crippen molar-refractivity contribution in [1.29, 1.82) is 0 Å². The lowest BCUT2D eigenvalue weighted by Gasteiger charge is -2.05. The van der Waals surface area contributed by atoms with Crippen molar-refractivity contribution in [2.24, 2.45) is 0 Å². The van der Waals surface area contributed by atoms with Crippen LogP contribution in [0.5, 0.6) is 0 Å². The third-order valence-electron chi connectivity index (χ3n) is 2.40. The number of H-pyrrole nitrogens is 1. The fourth-order valence-corrected chi connectivity index (χ4v) is 2.01. The maximum Gasteiger partial charge on any atom is 0.0922 e. The highest BCUT2D eigenvalue weighted by molar-refractivity contribution is 9.10. The molecule has 0 saturated carbocycles. The molecule has 0 aliphatic carbocycles. The molecule has 0 aliphatic heterocycles. The van der Waals surface area contributed by atoms with Gasteiger partial charge in [-0.25, -0.2) is 4.98 Å². The molecule has 0 fully saturated rings. The van der Waals surface area contributed by atoms with Crippen molar-refractivity contribution in [3.63, 3.8) is 0 Å². The Kier molecular flexibility index (Phi) is 4.13. The number of benzene rings is 1. The van der Waals surface area contributed by atoms with Gasteiger partial charge in [-0.1, -0.05) is 34.1 Å². The first-order valence-corrected chi connectivity index (χ1v) is 6.07. The molecule has 1 aromatic carbocycles. The largest absolute Gasteiger partial charge is 0.347 e. The summed E-state index contributed by atoms with van der Waals surface area (Å²) in [5.41, 5.74) is 2.45. The Bertz CT molecular complexity index is 426. The lowest BCUT2D eigenvalue weighted by Crippen LogP contribution is -2.16. The van der Waals surface area contributed by atoms with Gasteiger partial charge in [0.15, 0.2) is 0 Å². The lowest BCUT2D eigenvalue weighted by molar-refractivity contribution is 0.676. The van der Waals surface area contributed by atoms with Crippen molar-refractivity contribution in [3.8, 4) is 0 Å². The van der Waals surface area contributed by atoms with Gasteiger partial charge in [0.05, 0.1) is 6.33 Å². The van der Waals surface area contributed by atoms with Crippen LogP contribution >= 0.6 is 15.9 Å². The number of nitrogens with zero attached hydrogens (tertiary/aromatic N) is 1. The molecule has 2 rings (SSSR count). The van der Waals surface area contributed by atoms with Gasteiger partial charge in [-0.05, 0) is 24.6 Å². The van der Waals surface area contributed by atoms with Gasteiger partial charge < -0.3 is 10.3 Å².